The molecular weight excluding hydrogens is 180 g/mol. The van der Waals surface area contributed by atoms with E-state index in [0.29, 0.717) is 25.1 Å². The molecule has 0 aliphatic heterocycles. The third kappa shape index (κ3) is 2.61. The van der Waals surface area contributed by atoms with E-state index in [0.717, 1.165) is 0 Å². The Morgan fingerprint density at radius 1 is 1.71 bits per heavy atom. The third-order valence-electron chi connectivity index (χ3n) is 1.91. The van der Waals surface area contributed by atoms with Gasteiger partial charge in [-0.3, -0.25) is 10.2 Å². The van der Waals surface area contributed by atoms with Crippen molar-refractivity contribution >= 4 is 5.91 Å². The number of amides is 1. The number of nitrogens with one attached hydrogen (secondary N) is 1. The van der Waals surface area contributed by atoms with Crippen LogP contribution in [0.2, 0.25) is 0 Å². The van der Waals surface area contributed by atoms with Crippen molar-refractivity contribution in [3.8, 4) is 6.07 Å². The van der Waals surface area contributed by atoms with Crippen molar-refractivity contribution < 1.29 is 4.79 Å². The summed E-state index contributed by atoms with van der Waals surface area (Å²) in [5.41, 5.74) is 2.67. The van der Waals surface area contributed by atoms with Gasteiger partial charge in [-0.25, -0.2) is 5.84 Å². The zero-order chi connectivity index (χ0) is 10.4. The summed E-state index contributed by atoms with van der Waals surface area (Å²) in [4.78, 5) is 10.8. The normalized spacial score (nSPS) is 9.43. The molecule has 0 fully saturated rings. The lowest BCUT2D eigenvalue weighted by Gasteiger charge is -2.03. The number of nitriles is 1. The molecule has 3 N–H and O–H groups in total. The van der Waals surface area contributed by atoms with Gasteiger partial charge in [-0.15, -0.1) is 0 Å². The Kier molecular flexibility index (Phi) is 3.70. The number of nitrogens with two attached hydrogens (primary N) is 1. The number of carbonyl (C=O) groups is 1. The Hall–Kier alpha value is -1.80. The van der Waals surface area contributed by atoms with Crippen molar-refractivity contribution in [3.63, 3.8) is 0 Å². The highest BCUT2D eigenvalue weighted by Gasteiger charge is 2.01. The van der Waals surface area contributed by atoms with E-state index in [1.165, 1.54) is 0 Å². The number of hydrazine groups is 1. The summed E-state index contributed by atoms with van der Waals surface area (Å²) in [6.07, 6.45) is 2.87. The van der Waals surface area contributed by atoms with Gasteiger partial charge in [0.15, 0.2) is 0 Å². The SMILES string of the molecule is N#Cc1cccn1CCCC(=O)NN. The van der Waals surface area contributed by atoms with Crippen LogP contribution < -0.4 is 11.3 Å². The minimum Gasteiger partial charge on any atom is -0.339 e. The first-order valence-electron chi connectivity index (χ1n) is 4.32. The molecule has 0 aliphatic carbocycles. The lowest BCUT2D eigenvalue weighted by atomic mass is 10.3. The standard InChI is InChI=1S/C9H12N4O/c10-7-8-3-1-5-13(8)6-2-4-9(14)12-11/h1,3,5H,2,4,6,11H2,(H,12,14). The number of aromatic nitrogens is 1. The van der Waals surface area contributed by atoms with Crippen molar-refractivity contribution in [1.82, 2.24) is 9.99 Å². The maximum Gasteiger partial charge on any atom is 0.233 e. The molecule has 74 valence electrons. The zero-order valence-corrected chi connectivity index (χ0v) is 7.73. The maximum absolute atomic E-state index is 10.8. The number of nitrogens with zero attached hydrogens (tertiary/aromatic N) is 2. The van der Waals surface area contributed by atoms with Crippen LogP contribution in [-0.4, -0.2) is 10.5 Å². The summed E-state index contributed by atoms with van der Waals surface area (Å²) in [5, 5.41) is 8.69. The van der Waals surface area contributed by atoms with Crippen molar-refractivity contribution in [2.45, 2.75) is 19.4 Å². The van der Waals surface area contributed by atoms with E-state index >= 15 is 0 Å². The second kappa shape index (κ2) is 5.04. The second-order valence-electron chi connectivity index (χ2n) is 2.87. The molecule has 1 aromatic rings. The average Bonchev–Trinajstić information content (AvgIpc) is 2.65. The molecule has 0 bridgehead atoms. The highest BCUT2D eigenvalue weighted by molar-refractivity contribution is 5.75. The van der Waals surface area contributed by atoms with Gasteiger partial charge < -0.3 is 4.57 Å². The Balaban J connectivity index is 2.39. The van der Waals surface area contributed by atoms with Gasteiger partial charge in [0.1, 0.15) is 11.8 Å². The third-order valence-corrected chi connectivity index (χ3v) is 1.91. The van der Waals surface area contributed by atoms with E-state index in [-0.39, 0.29) is 5.91 Å². The molecule has 0 spiro atoms. The van der Waals surface area contributed by atoms with Gasteiger partial charge >= 0.3 is 0 Å². The monoisotopic (exact) mass is 192 g/mol. The number of aryl methyl sites for hydroxylation is 1. The first kappa shape index (κ1) is 10.3. The molecule has 0 unspecified atom stereocenters. The van der Waals surface area contributed by atoms with Crippen molar-refractivity contribution in [2.75, 3.05) is 0 Å². The first-order valence-corrected chi connectivity index (χ1v) is 4.32. The fraction of sp³-hybridized carbons (Fsp3) is 0.333. The molecule has 1 heterocycles. The summed E-state index contributed by atoms with van der Waals surface area (Å²) >= 11 is 0. The fourth-order valence-corrected chi connectivity index (χ4v) is 1.19. The molecule has 1 aromatic heterocycles. The van der Waals surface area contributed by atoms with Crippen LogP contribution >= 0.6 is 0 Å². The molecule has 0 atom stereocenters. The minimum absolute atomic E-state index is 0.185. The highest BCUT2D eigenvalue weighted by Crippen LogP contribution is 2.02. The maximum atomic E-state index is 10.8. The Morgan fingerprint density at radius 2 is 2.50 bits per heavy atom. The van der Waals surface area contributed by atoms with Gasteiger partial charge in [0, 0.05) is 19.2 Å². The molecule has 5 heteroatoms. The van der Waals surface area contributed by atoms with Crippen LogP contribution in [0.5, 0.6) is 0 Å². The quantitative estimate of drug-likeness (QED) is 0.404. The molecule has 5 nitrogen and oxygen atoms in total. The predicted octanol–water partition coefficient (Wildman–Crippen LogP) is 0.130. The molecule has 0 saturated heterocycles. The number of carbonyl (C=O) groups excluding carboxylic acids is 1. The zero-order valence-electron chi connectivity index (χ0n) is 7.73. The number of rotatable bonds is 4. The Bertz CT molecular complexity index is 350. The Morgan fingerprint density at radius 3 is 3.14 bits per heavy atom. The molecule has 1 amide bonds. The predicted molar refractivity (Wildman–Crippen MR) is 50.7 cm³/mol. The molecule has 0 radical (unpaired) electrons. The van der Waals surface area contributed by atoms with Gasteiger partial charge in [0.2, 0.25) is 5.91 Å². The second-order valence-corrected chi connectivity index (χ2v) is 2.87. The van der Waals surface area contributed by atoms with E-state index in [1.54, 1.807) is 6.07 Å². The van der Waals surface area contributed by atoms with Crippen molar-refractivity contribution in [1.29, 1.82) is 5.26 Å². The van der Waals surface area contributed by atoms with E-state index < -0.39 is 0 Å². The lowest BCUT2D eigenvalue weighted by molar-refractivity contribution is -0.121. The lowest BCUT2D eigenvalue weighted by Crippen LogP contribution is -2.29. The molecule has 1 rings (SSSR count). The van der Waals surface area contributed by atoms with Crippen molar-refractivity contribution in [2.24, 2.45) is 5.84 Å². The van der Waals surface area contributed by atoms with Crippen LogP contribution in [0.15, 0.2) is 18.3 Å². The summed E-state index contributed by atoms with van der Waals surface area (Å²) in [7, 11) is 0. The molecular formula is C9H12N4O. The smallest absolute Gasteiger partial charge is 0.233 e. The molecule has 14 heavy (non-hydrogen) atoms. The van der Waals surface area contributed by atoms with Crippen LogP contribution in [-0.2, 0) is 11.3 Å². The fourth-order valence-electron chi connectivity index (χ4n) is 1.19. The topological polar surface area (TPSA) is 83.8 Å². The van der Waals surface area contributed by atoms with Crippen LogP contribution in [0.4, 0.5) is 0 Å². The number of hydrogen-bond acceptors (Lipinski definition) is 3. The molecule has 0 saturated carbocycles. The summed E-state index contributed by atoms with van der Waals surface area (Å²) in [6, 6.07) is 5.61. The highest BCUT2D eigenvalue weighted by atomic mass is 16.2. The average molecular weight is 192 g/mol. The van der Waals surface area contributed by atoms with Gasteiger partial charge in [0.25, 0.3) is 0 Å². The molecule has 0 aromatic carbocycles. The van der Waals surface area contributed by atoms with Crippen LogP contribution in [0.1, 0.15) is 18.5 Å². The Labute approximate surface area is 82.1 Å². The van der Waals surface area contributed by atoms with Gasteiger partial charge in [-0.05, 0) is 18.6 Å². The minimum atomic E-state index is -0.185. The number of hydrogen-bond donors (Lipinski definition) is 2. The van der Waals surface area contributed by atoms with E-state index in [1.807, 2.05) is 16.8 Å². The summed E-state index contributed by atoms with van der Waals surface area (Å²) in [6.45, 7) is 0.656. The van der Waals surface area contributed by atoms with Gasteiger partial charge in [-0.1, -0.05) is 0 Å². The van der Waals surface area contributed by atoms with Crippen LogP contribution in [0.3, 0.4) is 0 Å². The van der Waals surface area contributed by atoms with Gasteiger partial charge in [0.05, 0.1) is 0 Å². The van der Waals surface area contributed by atoms with Crippen molar-refractivity contribution in [3.05, 3.63) is 24.0 Å². The largest absolute Gasteiger partial charge is 0.339 e. The summed E-state index contributed by atoms with van der Waals surface area (Å²) in [5.74, 6) is 4.74. The summed E-state index contributed by atoms with van der Waals surface area (Å²) < 4.78 is 1.81. The van der Waals surface area contributed by atoms with E-state index in [2.05, 4.69) is 11.5 Å². The van der Waals surface area contributed by atoms with Crippen LogP contribution in [0, 0.1) is 11.3 Å². The van der Waals surface area contributed by atoms with E-state index in [9.17, 15) is 4.79 Å². The van der Waals surface area contributed by atoms with Crippen LogP contribution in [0.25, 0.3) is 0 Å². The first-order chi connectivity index (χ1) is 6.77. The van der Waals surface area contributed by atoms with Gasteiger partial charge in [-0.2, -0.15) is 5.26 Å². The molecule has 0 aliphatic rings. The van der Waals surface area contributed by atoms with E-state index in [4.69, 9.17) is 11.1 Å².